The highest BCUT2D eigenvalue weighted by atomic mass is 28.2. The molecule has 0 aliphatic heterocycles. The van der Waals surface area contributed by atoms with Crippen molar-refractivity contribution < 1.29 is 39.5 Å². The molecule has 0 heterocycles. The van der Waals surface area contributed by atoms with Crippen LogP contribution in [0.2, 0.25) is 12.1 Å². The van der Waals surface area contributed by atoms with E-state index in [-0.39, 0.29) is 0 Å². The first-order chi connectivity index (χ1) is 9.70. The van der Waals surface area contributed by atoms with Gasteiger partial charge < -0.3 is 0 Å². The standard InChI is InChI=1S/C12H19F9Si/c1-3-8(2)4-6-22-7-5-9(13,14)10(15,16)11(17,18)12(19,20)21/h8H,3-7,22H2,1-2H3/t8-/m0/s1. The average molecular weight is 362 g/mol. The zero-order valence-electron chi connectivity index (χ0n) is 12.2. The van der Waals surface area contributed by atoms with E-state index >= 15 is 0 Å². The molecule has 10 heteroatoms. The quantitative estimate of drug-likeness (QED) is 0.297. The van der Waals surface area contributed by atoms with Crippen molar-refractivity contribution in [3.05, 3.63) is 0 Å². The van der Waals surface area contributed by atoms with Crippen molar-refractivity contribution in [2.75, 3.05) is 0 Å². The number of hydrogen-bond acceptors (Lipinski definition) is 0. The Labute approximate surface area is 125 Å². The fourth-order valence-electron chi connectivity index (χ4n) is 1.79. The summed E-state index contributed by atoms with van der Waals surface area (Å²) in [4.78, 5) is 0. The van der Waals surface area contributed by atoms with Crippen LogP contribution in [0.5, 0.6) is 0 Å². The van der Waals surface area contributed by atoms with E-state index in [1.54, 1.807) is 0 Å². The molecule has 1 atom stereocenters. The smallest absolute Gasteiger partial charge is 0.200 e. The highest BCUT2D eigenvalue weighted by molar-refractivity contribution is 6.35. The molecule has 0 fully saturated rings. The molecule has 0 N–H and O–H groups in total. The van der Waals surface area contributed by atoms with E-state index < -0.39 is 45.9 Å². The van der Waals surface area contributed by atoms with Crippen LogP contribution in [0, 0.1) is 5.92 Å². The van der Waals surface area contributed by atoms with Gasteiger partial charge >= 0.3 is 23.9 Å². The van der Waals surface area contributed by atoms with Crippen LogP contribution in [0.15, 0.2) is 0 Å². The lowest BCUT2D eigenvalue weighted by Gasteiger charge is -2.33. The number of alkyl halides is 9. The van der Waals surface area contributed by atoms with Gasteiger partial charge in [0.05, 0.1) is 0 Å². The minimum absolute atomic E-state index is 0.337. The van der Waals surface area contributed by atoms with E-state index in [2.05, 4.69) is 0 Å². The van der Waals surface area contributed by atoms with Crippen LogP contribution in [0.4, 0.5) is 39.5 Å². The van der Waals surface area contributed by atoms with Gasteiger partial charge in [0.1, 0.15) is 0 Å². The SMILES string of the molecule is CC[C@H](C)CC[SiH2]CCC(F)(F)C(F)(F)C(F)(F)C(F)(F)F. The molecule has 0 bridgehead atoms. The van der Waals surface area contributed by atoms with Crippen LogP contribution in [-0.2, 0) is 0 Å². The molecular weight excluding hydrogens is 343 g/mol. The Kier molecular flexibility index (Phi) is 7.30. The van der Waals surface area contributed by atoms with Gasteiger partial charge in [0, 0.05) is 15.9 Å². The second-order valence-corrected chi connectivity index (χ2v) is 7.59. The molecule has 0 saturated heterocycles. The molecule has 134 valence electrons. The molecule has 0 nitrogen and oxygen atoms in total. The lowest BCUT2D eigenvalue weighted by atomic mass is 10.0. The summed E-state index contributed by atoms with van der Waals surface area (Å²) in [6, 6.07) is 0.152. The molecule has 0 unspecified atom stereocenters. The zero-order valence-corrected chi connectivity index (χ0v) is 13.6. The third-order valence-corrected chi connectivity index (χ3v) is 5.36. The second kappa shape index (κ2) is 7.44. The first-order valence-electron chi connectivity index (χ1n) is 6.91. The van der Waals surface area contributed by atoms with Gasteiger partial charge in [-0.15, -0.1) is 0 Å². The zero-order chi connectivity index (χ0) is 17.8. The van der Waals surface area contributed by atoms with Crippen LogP contribution in [-0.4, -0.2) is 33.5 Å². The maximum Gasteiger partial charge on any atom is 0.460 e. The van der Waals surface area contributed by atoms with Gasteiger partial charge in [-0.25, -0.2) is 0 Å². The monoisotopic (exact) mass is 362 g/mol. The second-order valence-electron chi connectivity index (χ2n) is 5.46. The van der Waals surface area contributed by atoms with Crippen LogP contribution in [0.25, 0.3) is 0 Å². The average Bonchev–Trinajstić information content (AvgIpc) is 2.36. The van der Waals surface area contributed by atoms with Gasteiger partial charge in [0.15, 0.2) is 0 Å². The largest absolute Gasteiger partial charge is 0.460 e. The van der Waals surface area contributed by atoms with Crippen molar-refractivity contribution in [1.29, 1.82) is 0 Å². The van der Waals surface area contributed by atoms with Crippen LogP contribution in [0.3, 0.4) is 0 Å². The summed E-state index contributed by atoms with van der Waals surface area (Å²) in [5.41, 5.74) is 0. The minimum atomic E-state index is -6.76. The van der Waals surface area contributed by atoms with Crippen LogP contribution < -0.4 is 0 Å². The molecule has 0 spiro atoms. The lowest BCUT2D eigenvalue weighted by Crippen LogP contribution is -2.60. The van der Waals surface area contributed by atoms with E-state index in [9.17, 15) is 39.5 Å². The molecule has 0 aliphatic carbocycles. The third kappa shape index (κ3) is 4.79. The highest BCUT2D eigenvalue weighted by Crippen LogP contribution is 2.54. The molecule has 0 aliphatic rings. The topological polar surface area (TPSA) is 0 Å². The molecule has 22 heavy (non-hydrogen) atoms. The molecular formula is C12H19F9Si. The van der Waals surface area contributed by atoms with Gasteiger partial charge in [0.25, 0.3) is 0 Å². The van der Waals surface area contributed by atoms with Gasteiger partial charge in [-0.05, 0) is 5.92 Å². The van der Waals surface area contributed by atoms with Crippen molar-refractivity contribution in [3.63, 3.8) is 0 Å². The number of rotatable bonds is 9. The first-order valence-corrected chi connectivity index (χ1v) is 8.91. The Hall–Kier alpha value is -0.413. The highest BCUT2D eigenvalue weighted by Gasteiger charge is 2.81. The summed E-state index contributed by atoms with van der Waals surface area (Å²) in [5.74, 6) is -18.3. The van der Waals surface area contributed by atoms with Gasteiger partial charge in [-0.1, -0.05) is 38.8 Å². The third-order valence-electron chi connectivity index (χ3n) is 3.59. The van der Waals surface area contributed by atoms with E-state index in [0.717, 1.165) is 6.42 Å². The Bertz CT molecular complexity index is 338. The molecule has 0 aromatic rings. The lowest BCUT2D eigenvalue weighted by molar-refractivity contribution is -0.396. The van der Waals surface area contributed by atoms with Crippen molar-refractivity contribution in [3.8, 4) is 0 Å². The van der Waals surface area contributed by atoms with Crippen molar-refractivity contribution >= 4 is 9.52 Å². The van der Waals surface area contributed by atoms with Crippen molar-refractivity contribution in [1.82, 2.24) is 0 Å². The fourth-order valence-corrected chi connectivity index (χ4v) is 3.82. The van der Waals surface area contributed by atoms with Crippen molar-refractivity contribution in [2.45, 2.75) is 69.1 Å². The Morgan fingerprint density at radius 1 is 0.818 bits per heavy atom. The first kappa shape index (κ1) is 21.6. The summed E-state index contributed by atoms with van der Waals surface area (Å²) < 4.78 is 113. The van der Waals surface area contributed by atoms with Crippen molar-refractivity contribution in [2.24, 2.45) is 5.92 Å². The molecule has 0 radical (unpaired) electrons. The molecule has 0 rings (SSSR count). The predicted octanol–water partition coefficient (Wildman–Crippen LogP) is 5.29. The van der Waals surface area contributed by atoms with Crippen LogP contribution in [0.1, 0.15) is 33.1 Å². The Balaban J connectivity index is 4.66. The minimum Gasteiger partial charge on any atom is -0.200 e. The maximum atomic E-state index is 13.2. The van der Waals surface area contributed by atoms with E-state index in [1.165, 1.54) is 0 Å². The molecule has 0 aromatic carbocycles. The summed E-state index contributed by atoms with van der Waals surface area (Å²) in [6.45, 7) is 3.83. The van der Waals surface area contributed by atoms with E-state index in [0.29, 0.717) is 18.4 Å². The Morgan fingerprint density at radius 2 is 1.32 bits per heavy atom. The summed E-state index contributed by atoms with van der Waals surface area (Å²) in [5, 5.41) is 0. The van der Waals surface area contributed by atoms with E-state index in [4.69, 9.17) is 0 Å². The molecule has 0 aromatic heterocycles. The number of hydrogen-bond donors (Lipinski definition) is 0. The van der Waals surface area contributed by atoms with Gasteiger partial charge in [0.2, 0.25) is 0 Å². The van der Waals surface area contributed by atoms with Gasteiger partial charge in [-0.2, -0.15) is 39.5 Å². The molecule has 0 amide bonds. The molecule has 0 saturated carbocycles. The normalized spacial score (nSPS) is 16.5. The summed E-state index contributed by atoms with van der Waals surface area (Å²) in [7, 11) is -1.20. The maximum absolute atomic E-state index is 13.2. The van der Waals surface area contributed by atoms with Gasteiger partial charge in [-0.3, -0.25) is 0 Å². The predicted molar refractivity (Wildman–Crippen MR) is 67.7 cm³/mol. The fraction of sp³-hybridized carbons (Fsp3) is 1.00. The summed E-state index contributed by atoms with van der Waals surface area (Å²) in [6.07, 6.45) is -6.81. The Morgan fingerprint density at radius 3 is 1.73 bits per heavy atom. The number of halogens is 9. The van der Waals surface area contributed by atoms with Crippen LogP contribution >= 0.6 is 0 Å². The van der Waals surface area contributed by atoms with E-state index in [1.807, 2.05) is 13.8 Å². The summed E-state index contributed by atoms with van der Waals surface area (Å²) >= 11 is 0.